The summed E-state index contributed by atoms with van der Waals surface area (Å²) >= 11 is 3.28. The number of rotatable bonds is 4. The smallest absolute Gasteiger partial charge is 0.346 e. The zero-order valence-corrected chi connectivity index (χ0v) is 12.2. The van der Waals surface area contributed by atoms with Crippen LogP contribution in [-0.4, -0.2) is 16.8 Å². The fourth-order valence-electron chi connectivity index (χ4n) is 1.40. The summed E-state index contributed by atoms with van der Waals surface area (Å²) in [6.07, 6.45) is -3.78. The maximum atomic E-state index is 12.6. The second kappa shape index (κ2) is 5.94. The topological polar surface area (TPSA) is 29.1 Å². The molecule has 1 aromatic carbocycles. The summed E-state index contributed by atoms with van der Waals surface area (Å²) in [4.78, 5) is 12.0. The highest BCUT2D eigenvalue weighted by molar-refractivity contribution is 9.09. The Labute approximate surface area is 118 Å². The van der Waals surface area contributed by atoms with Gasteiger partial charge in [0, 0.05) is 16.4 Å². The highest BCUT2D eigenvalue weighted by atomic mass is 79.9. The lowest BCUT2D eigenvalue weighted by molar-refractivity contribution is -0.137. The van der Waals surface area contributed by atoms with Crippen molar-refractivity contribution < 1.29 is 18.0 Å². The molecule has 0 bridgehead atoms. The fraction of sp³-hybridized carbons (Fsp3) is 0.462. The van der Waals surface area contributed by atoms with E-state index in [0.717, 1.165) is 12.1 Å². The number of hydrogen-bond acceptors (Lipinski definition) is 1. The molecule has 0 saturated heterocycles. The third-order valence-electron chi connectivity index (χ3n) is 2.94. The molecule has 1 unspecified atom stereocenters. The van der Waals surface area contributed by atoms with E-state index in [-0.39, 0.29) is 5.56 Å². The number of alkyl halides is 4. The van der Waals surface area contributed by atoms with Crippen LogP contribution in [-0.2, 0) is 6.18 Å². The van der Waals surface area contributed by atoms with E-state index in [1.165, 1.54) is 12.1 Å². The van der Waals surface area contributed by atoms with Crippen molar-refractivity contribution in [1.29, 1.82) is 0 Å². The molecule has 0 spiro atoms. The molecule has 0 radical (unpaired) electrons. The molecule has 0 aliphatic carbocycles. The first-order chi connectivity index (χ1) is 8.72. The molecular formula is C13H15BrF3NO. The van der Waals surface area contributed by atoms with Gasteiger partial charge in [-0.2, -0.15) is 13.2 Å². The Bertz CT molecular complexity index is 455. The lowest BCUT2D eigenvalue weighted by Gasteiger charge is -2.27. The molecule has 1 aromatic rings. The molecule has 2 nitrogen and oxygen atoms in total. The Balaban J connectivity index is 2.95. The van der Waals surface area contributed by atoms with Crippen LogP contribution in [0.25, 0.3) is 0 Å². The van der Waals surface area contributed by atoms with Gasteiger partial charge in [0.05, 0.1) is 5.56 Å². The lowest BCUT2D eigenvalue weighted by Crippen LogP contribution is -2.47. The SMILES string of the molecule is CCC(C)(CBr)NC(=O)c1cccc(C(F)(F)F)c1. The monoisotopic (exact) mass is 337 g/mol. The van der Waals surface area contributed by atoms with Crippen molar-refractivity contribution in [2.24, 2.45) is 0 Å². The number of halogens is 4. The van der Waals surface area contributed by atoms with Crippen molar-refractivity contribution in [3.05, 3.63) is 35.4 Å². The molecule has 19 heavy (non-hydrogen) atoms. The minimum absolute atomic E-state index is 0.00968. The molecule has 1 amide bonds. The number of carbonyl (C=O) groups is 1. The van der Waals surface area contributed by atoms with Crippen molar-refractivity contribution in [3.63, 3.8) is 0 Å². The van der Waals surface area contributed by atoms with Gasteiger partial charge in [-0.05, 0) is 31.5 Å². The molecule has 1 N–H and O–H groups in total. The van der Waals surface area contributed by atoms with E-state index in [4.69, 9.17) is 0 Å². The first-order valence-electron chi connectivity index (χ1n) is 5.77. The molecule has 0 aliphatic rings. The average molecular weight is 338 g/mol. The van der Waals surface area contributed by atoms with Crippen molar-refractivity contribution in [2.75, 3.05) is 5.33 Å². The van der Waals surface area contributed by atoms with Gasteiger partial charge in [0.15, 0.2) is 0 Å². The highest BCUT2D eigenvalue weighted by Crippen LogP contribution is 2.29. The van der Waals surface area contributed by atoms with Crippen LogP contribution < -0.4 is 5.32 Å². The van der Waals surface area contributed by atoms with E-state index < -0.39 is 23.2 Å². The van der Waals surface area contributed by atoms with Crippen molar-refractivity contribution >= 4 is 21.8 Å². The van der Waals surface area contributed by atoms with E-state index in [0.29, 0.717) is 11.8 Å². The first kappa shape index (κ1) is 16.0. The minimum Gasteiger partial charge on any atom is -0.346 e. The number of hydrogen-bond donors (Lipinski definition) is 1. The van der Waals surface area contributed by atoms with Gasteiger partial charge in [0.1, 0.15) is 0 Å². The van der Waals surface area contributed by atoms with Gasteiger partial charge in [0.25, 0.3) is 5.91 Å². The van der Waals surface area contributed by atoms with Gasteiger partial charge in [-0.1, -0.05) is 28.9 Å². The molecule has 0 heterocycles. The second-order valence-electron chi connectivity index (χ2n) is 4.58. The quantitative estimate of drug-likeness (QED) is 0.826. The fourth-order valence-corrected chi connectivity index (χ4v) is 1.94. The van der Waals surface area contributed by atoms with Gasteiger partial charge < -0.3 is 5.32 Å². The predicted octanol–water partition coefficient (Wildman–Crippen LogP) is 4.00. The maximum Gasteiger partial charge on any atom is 0.416 e. The minimum atomic E-state index is -4.44. The lowest BCUT2D eigenvalue weighted by atomic mass is 10.0. The van der Waals surface area contributed by atoms with E-state index in [1.807, 2.05) is 13.8 Å². The molecule has 1 atom stereocenters. The normalized spacial score (nSPS) is 14.8. The number of nitrogens with one attached hydrogen (secondary N) is 1. The van der Waals surface area contributed by atoms with Gasteiger partial charge in [0.2, 0.25) is 0 Å². The van der Waals surface area contributed by atoms with Crippen molar-refractivity contribution in [2.45, 2.75) is 32.0 Å². The standard InChI is InChI=1S/C13H15BrF3NO/c1-3-12(2,8-14)18-11(19)9-5-4-6-10(7-9)13(15,16)17/h4-7H,3,8H2,1-2H3,(H,18,19). The third-order valence-corrected chi connectivity index (χ3v) is 4.18. The molecular weight excluding hydrogens is 323 g/mol. The zero-order chi connectivity index (χ0) is 14.7. The Morgan fingerprint density at radius 1 is 1.37 bits per heavy atom. The summed E-state index contributed by atoms with van der Waals surface area (Å²) in [5, 5.41) is 3.26. The van der Waals surface area contributed by atoms with Gasteiger partial charge in [-0.3, -0.25) is 4.79 Å². The Kier molecular flexibility index (Phi) is 5.01. The summed E-state index contributed by atoms with van der Waals surface area (Å²) in [7, 11) is 0. The van der Waals surface area contributed by atoms with E-state index in [1.54, 1.807) is 0 Å². The number of benzene rings is 1. The van der Waals surface area contributed by atoms with Crippen LogP contribution >= 0.6 is 15.9 Å². The summed E-state index contributed by atoms with van der Waals surface area (Å²) < 4.78 is 37.7. The molecule has 0 saturated carbocycles. The maximum absolute atomic E-state index is 12.6. The molecule has 6 heteroatoms. The van der Waals surface area contributed by atoms with Crippen LogP contribution in [0.4, 0.5) is 13.2 Å². The molecule has 0 fully saturated rings. The van der Waals surface area contributed by atoms with Crippen molar-refractivity contribution in [1.82, 2.24) is 5.32 Å². The van der Waals surface area contributed by atoms with Crippen LogP contribution in [0, 0.1) is 0 Å². The number of amides is 1. The summed E-state index contributed by atoms with van der Waals surface area (Å²) in [6, 6.07) is 4.41. The second-order valence-corrected chi connectivity index (χ2v) is 5.14. The molecule has 0 aromatic heterocycles. The predicted molar refractivity (Wildman–Crippen MR) is 71.4 cm³/mol. The summed E-state index contributed by atoms with van der Waals surface area (Å²) in [5.74, 6) is -0.505. The Hall–Kier alpha value is -1.04. The Morgan fingerprint density at radius 2 is 2.00 bits per heavy atom. The van der Waals surface area contributed by atoms with Crippen molar-refractivity contribution in [3.8, 4) is 0 Å². The van der Waals surface area contributed by atoms with Gasteiger partial charge >= 0.3 is 6.18 Å². The molecule has 0 aliphatic heterocycles. The van der Waals surface area contributed by atoms with Gasteiger partial charge in [-0.15, -0.1) is 0 Å². The average Bonchev–Trinajstić information content (AvgIpc) is 2.37. The largest absolute Gasteiger partial charge is 0.416 e. The molecule has 1 rings (SSSR count). The van der Waals surface area contributed by atoms with Crippen LogP contribution in [0.2, 0.25) is 0 Å². The third kappa shape index (κ3) is 4.23. The first-order valence-corrected chi connectivity index (χ1v) is 6.90. The van der Waals surface area contributed by atoms with Crippen LogP contribution in [0.5, 0.6) is 0 Å². The highest BCUT2D eigenvalue weighted by Gasteiger charge is 2.31. The summed E-state index contributed by atoms with van der Waals surface area (Å²) in [5.41, 5.74) is -1.29. The van der Waals surface area contributed by atoms with Gasteiger partial charge in [-0.25, -0.2) is 0 Å². The Morgan fingerprint density at radius 3 is 2.47 bits per heavy atom. The zero-order valence-electron chi connectivity index (χ0n) is 10.6. The van der Waals surface area contributed by atoms with Crippen LogP contribution in [0.15, 0.2) is 24.3 Å². The van der Waals surface area contributed by atoms with E-state index >= 15 is 0 Å². The van der Waals surface area contributed by atoms with Crippen LogP contribution in [0.3, 0.4) is 0 Å². The molecule has 106 valence electrons. The summed E-state index contributed by atoms with van der Waals surface area (Å²) in [6.45, 7) is 3.72. The van der Waals surface area contributed by atoms with E-state index in [9.17, 15) is 18.0 Å². The van der Waals surface area contributed by atoms with Crippen LogP contribution in [0.1, 0.15) is 36.2 Å². The van der Waals surface area contributed by atoms with E-state index in [2.05, 4.69) is 21.2 Å². The number of carbonyl (C=O) groups excluding carboxylic acids is 1.